The molecule has 1 unspecified atom stereocenters. The summed E-state index contributed by atoms with van der Waals surface area (Å²) in [5, 5.41) is 0. The molecule has 238 valence electrons. The first-order valence-corrected chi connectivity index (χ1v) is 17.5. The Kier molecular flexibility index (Phi) is 27.4. The summed E-state index contributed by atoms with van der Waals surface area (Å²) in [6, 6.07) is 0. The van der Waals surface area contributed by atoms with Crippen LogP contribution in [-0.4, -0.2) is 49.3 Å². The van der Waals surface area contributed by atoms with E-state index < -0.39 is 26.5 Å². The fourth-order valence-corrected chi connectivity index (χ4v) is 5.10. The average Bonchev–Trinajstić information content (AvgIpc) is 2.93. The van der Waals surface area contributed by atoms with Gasteiger partial charge in [0, 0.05) is 19.4 Å². The molecule has 0 bridgehead atoms. The van der Waals surface area contributed by atoms with Gasteiger partial charge in [-0.05, 0) is 12.8 Å². The minimum atomic E-state index is -4.35. The van der Waals surface area contributed by atoms with Crippen molar-refractivity contribution in [2.75, 3.05) is 26.4 Å². The van der Waals surface area contributed by atoms with Gasteiger partial charge in [0.1, 0.15) is 6.61 Å². The topological polar surface area (TPSA) is 134 Å². The molecule has 0 aliphatic carbocycles. The lowest BCUT2D eigenvalue weighted by atomic mass is 10.1. The van der Waals surface area contributed by atoms with Gasteiger partial charge >= 0.3 is 19.8 Å². The van der Waals surface area contributed by atoms with Crippen molar-refractivity contribution >= 4 is 19.8 Å². The maximum absolute atomic E-state index is 12.4. The molecule has 0 aromatic rings. The molecule has 10 heteroatoms. The van der Waals surface area contributed by atoms with Crippen LogP contribution < -0.4 is 5.73 Å². The lowest BCUT2D eigenvalue weighted by Gasteiger charge is -2.19. The van der Waals surface area contributed by atoms with Gasteiger partial charge in [-0.2, -0.15) is 0 Å². The van der Waals surface area contributed by atoms with E-state index in [1.807, 2.05) is 0 Å². The van der Waals surface area contributed by atoms with Crippen molar-refractivity contribution in [2.24, 2.45) is 5.73 Å². The number of phosphoric ester groups is 1. The van der Waals surface area contributed by atoms with E-state index >= 15 is 0 Å². The number of esters is 2. The molecule has 40 heavy (non-hydrogen) atoms. The third kappa shape index (κ3) is 27.2. The first-order valence-electron chi connectivity index (χ1n) is 16.0. The zero-order valence-corrected chi connectivity index (χ0v) is 26.5. The third-order valence-corrected chi connectivity index (χ3v) is 7.73. The van der Waals surface area contributed by atoms with Gasteiger partial charge in [0.05, 0.1) is 13.2 Å². The zero-order chi connectivity index (χ0) is 29.7. The number of unbranched alkanes of at least 4 members (excludes halogenated alkanes) is 17. The molecular formula is C30H60NO8P. The third-order valence-electron chi connectivity index (χ3n) is 6.74. The highest BCUT2D eigenvalue weighted by Crippen LogP contribution is 2.43. The second kappa shape index (κ2) is 28.1. The molecule has 0 aliphatic heterocycles. The number of carbonyl (C=O) groups excluding carboxylic acids is 2. The zero-order valence-electron chi connectivity index (χ0n) is 25.6. The molecule has 0 saturated carbocycles. The normalized spacial score (nSPS) is 13.6. The molecule has 9 nitrogen and oxygen atoms in total. The van der Waals surface area contributed by atoms with Crippen molar-refractivity contribution in [1.82, 2.24) is 0 Å². The van der Waals surface area contributed by atoms with E-state index in [4.69, 9.17) is 24.3 Å². The molecule has 0 saturated heterocycles. The Morgan fingerprint density at radius 2 is 1.07 bits per heavy atom. The van der Waals surface area contributed by atoms with Crippen LogP contribution in [0.2, 0.25) is 0 Å². The average molecular weight is 594 g/mol. The molecule has 0 fully saturated rings. The van der Waals surface area contributed by atoms with Crippen molar-refractivity contribution in [2.45, 2.75) is 155 Å². The van der Waals surface area contributed by atoms with Crippen LogP contribution in [0.15, 0.2) is 0 Å². The summed E-state index contributed by atoms with van der Waals surface area (Å²) < 4.78 is 32.4. The smallest absolute Gasteiger partial charge is 0.462 e. The quantitative estimate of drug-likeness (QED) is 0.0486. The summed E-state index contributed by atoms with van der Waals surface area (Å²) in [7, 11) is -4.35. The second-order valence-electron chi connectivity index (χ2n) is 10.7. The number of rotatable bonds is 30. The number of nitrogens with two attached hydrogens (primary N) is 1. The first kappa shape index (κ1) is 39.0. The van der Waals surface area contributed by atoms with Crippen LogP contribution >= 0.6 is 7.82 Å². The van der Waals surface area contributed by atoms with Gasteiger partial charge in [-0.15, -0.1) is 0 Å². The Morgan fingerprint density at radius 1 is 0.650 bits per heavy atom. The Bertz CT molecular complexity index is 649. The van der Waals surface area contributed by atoms with Gasteiger partial charge < -0.3 is 20.1 Å². The van der Waals surface area contributed by atoms with Crippen LogP contribution in [0.1, 0.15) is 149 Å². The lowest BCUT2D eigenvalue weighted by Crippen LogP contribution is -2.29. The van der Waals surface area contributed by atoms with Gasteiger partial charge in [0.25, 0.3) is 0 Å². The number of carbonyl (C=O) groups is 2. The van der Waals surface area contributed by atoms with Crippen molar-refractivity contribution in [3.05, 3.63) is 0 Å². The van der Waals surface area contributed by atoms with Gasteiger partial charge in [-0.25, -0.2) is 4.57 Å². The van der Waals surface area contributed by atoms with Gasteiger partial charge in [-0.3, -0.25) is 18.6 Å². The number of ether oxygens (including phenoxy) is 2. The molecule has 0 spiro atoms. The predicted molar refractivity (Wildman–Crippen MR) is 160 cm³/mol. The Morgan fingerprint density at radius 3 is 1.52 bits per heavy atom. The van der Waals surface area contributed by atoms with Crippen molar-refractivity contribution in [3.8, 4) is 0 Å². The van der Waals surface area contributed by atoms with E-state index in [0.29, 0.717) is 6.42 Å². The Labute approximate surface area is 244 Å². The summed E-state index contributed by atoms with van der Waals surface area (Å²) in [5.41, 5.74) is 5.30. The SMILES string of the molecule is CCCCCCCCCCCCCC(=O)O[C@@H](COC(=O)CCCCCCCCCC)COP(=O)(O)OCCN. The van der Waals surface area contributed by atoms with Gasteiger partial charge in [0.2, 0.25) is 0 Å². The van der Waals surface area contributed by atoms with E-state index in [2.05, 4.69) is 13.8 Å². The van der Waals surface area contributed by atoms with Crippen LogP contribution in [0, 0.1) is 0 Å². The molecule has 0 aromatic heterocycles. The van der Waals surface area contributed by atoms with E-state index in [9.17, 15) is 19.0 Å². The molecular weight excluding hydrogens is 533 g/mol. The standard InChI is InChI=1S/C30H60NO8P/c1-3-5-7-9-11-13-14-15-17-19-21-23-30(33)39-28(27-38-40(34,35)37-25-24-31)26-36-29(32)22-20-18-16-12-10-8-6-4-2/h28H,3-27,31H2,1-2H3,(H,34,35)/t28-/m0/s1. The van der Waals surface area contributed by atoms with Crippen LogP contribution in [0.4, 0.5) is 0 Å². The highest BCUT2D eigenvalue weighted by Gasteiger charge is 2.25. The fraction of sp³-hybridized carbons (Fsp3) is 0.933. The van der Waals surface area contributed by atoms with Crippen molar-refractivity contribution < 1.29 is 37.6 Å². The molecule has 0 aromatic carbocycles. The van der Waals surface area contributed by atoms with Gasteiger partial charge in [0.15, 0.2) is 6.10 Å². The molecule has 3 N–H and O–H groups in total. The largest absolute Gasteiger partial charge is 0.472 e. The van der Waals surface area contributed by atoms with Crippen LogP contribution in [0.25, 0.3) is 0 Å². The molecule has 0 amide bonds. The molecule has 0 rings (SSSR count). The highest BCUT2D eigenvalue weighted by atomic mass is 31.2. The molecule has 2 atom stereocenters. The van der Waals surface area contributed by atoms with E-state index in [0.717, 1.165) is 32.1 Å². The minimum absolute atomic E-state index is 0.0572. The van der Waals surface area contributed by atoms with Crippen LogP contribution in [0.5, 0.6) is 0 Å². The summed E-state index contributed by atoms with van der Waals surface area (Å²) >= 11 is 0. The predicted octanol–water partition coefficient (Wildman–Crippen LogP) is 7.77. The number of phosphoric acid groups is 1. The Balaban J connectivity index is 4.30. The number of hydrogen-bond donors (Lipinski definition) is 2. The van der Waals surface area contributed by atoms with Crippen LogP contribution in [0.3, 0.4) is 0 Å². The maximum Gasteiger partial charge on any atom is 0.472 e. The highest BCUT2D eigenvalue weighted by molar-refractivity contribution is 7.47. The summed E-state index contributed by atoms with van der Waals surface area (Å²) in [4.78, 5) is 34.3. The maximum atomic E-state index is 12.4. The molecule has 0 heterocycles. The van der Waals surface area contributed by atoms with E-state index in [-0.39, 0.29) is 38.6 Å². The Hall–Kier alpha value is -0.990. The van der Waals surface area contributed by atoms with Crippen LogP contribution in [-0.2, 0) is 32.7 Å². The van der Waals surface area contributed by atoms with Crippen molar-refractivity contribution in [3.63, 3.8) is 0 Å². The van der Waals surface area contributed by atoms with E-state index in [1.165, 1.54) is 83.5 Å². The molecule has 0 radical (unpaired) electrons. The summed E-state index contributed by atoms with van der Waals surface area (Å²) in [6.07, 6.45) is 21.5. The van der Waals surface area contributed by atoms with Gasteiger partial charge in [-0.1, -0.05) is 123 Å². The monoisotopic (exact) mass is 593 g/mol. The molecule has 0 aliphatic rings. The lowest BCUT2D eigenvalue weighted by molar-refractivity contribution is -0.161. The summed E-state index contributed by atoms with van der Waals surface area (Å²) in [5.74, 6) is -0.830. The number of hydrogen-bond acceptors (Lipinski definition) is 8. The van der Waals surface area contributed by atoms with E-state index in [1.54, 1.807) is 0 Å². The second-order valence-corrected chi connectivity index (χ2v) is 12.1. The first-order chi connectivity index (χ1) is 19.3. The summed E-state index contributed by atoms with van der Waals surface area (Å²) in [6.45, 7) is 3.67. The fourth-order valence-electron chi connectivity index (χ4n) is 4.34. The minimum Gasteiger partial charge on any atom is -0.462 e. The van der Waals surface area contributed by atoms with Crippen molar-refractivity contribution in [1.29, 1.82) is 0 Å².